The summed E-state index contributed by atoms with van der Waals surface area (Å²) in [7, 11) is 1.86. The van der Waals surface area contributed by atoms with Crippen molar-refractivity contribution >= 4 is 17.5 Å². The lowest BCUT2D eigenvalue weighted by molar-refractivity contribution is 0.0950. The predicted octanol–water partition coefficient (Wildman–Crippen LogP) is 3.59. The molecule has 2 heterocycles. The Morgan fingerprint density at radius 2 is 1.89 bits per heavy atom. The monoisotopic (exact) mass is 398 g/mol. The predicted molar refractivity (Wildman–Crippen MR) is 111 cm³/mol. The third-order valence-electron chi connectivity index (χ3n) is 4.81. The Hall–Kier alpha value is -2.86. The number of nitrogens with one attached hydrogen (secondary N) is 2. The first-order valence-corrected chi connectivity index (χ1v) is 9.34. The highest BCUT2D eigenvalue weighted by atomic mass is 35.5. The Labute approximate surface area is 168 Å². The van der Waals surface area contributed by atoms with Crippen LogP contribution in [-0.4, -0.2) is 20.7 Å². The molecule has 3 aromatic rings. The Morgan fingerprint density at radius 3 is 2.50 bits per heavy atom. The number of H-pyrrole nitrogens is 1. The molecule has 0 bridgehead atoms. The maximum absolute atomic E-state index is 12.8. The van der Waals surface area contributed by atoms with E-state index in [0.717, 1.165) is 33.8 Å². The van der Waals surface area contributed by atoms with Gasteiger partial charge in [0, 0.05) is 41.0 Å². The van der Waals surface area contributed by atoms with Crippen molar-refractivity contribution in [3.63, 3.8) is 0 Å². The Balaban J connectivity index is 1.93. The number of amides is 1. The molecule has 146 valence electrons. The lowest BCUT2D eigenvalue weighted by Crippen LogP contribution is -2.28. The van der Waals surface area contributed by atoms with Gasteiger partial charge in [-0.1, -0.05) is 11.6 Å². The van der Waals surface area contributed by atoms with Gasteiger partial charge < -0.3 is 10.3 Å². The number of carbonyl (C=O) groups excluding carboxylic acids is 1. The molecule has 0 aliphatic rings. The summed E-state index contributed by atoms with van der Waals surface area (Å²) in [6, 6.07) is 7.32. The molecule has 0 aliphatic carbocycles. The molecular weight excluding hydrogens is 376 g/mol. The second kappa shape index (κ2) is 7.64. The summed E-state index contributed by atoms with van der Waals surface area (Å²) in [5, 5.41) is 7.68. The van der Waals surface area contributed by atoms with Crippen LogP contribution < -0.4 is 10.9 Å². The van der Waals surface area contributed by atoms with Gasteiger partial charge in [0.25, 0.3) is 11.5 Å². The summed E-state index contributed by atoms with van der Waals surface area (Å²) in [5.41, 5.74) is 5.89. The van der Waals surface area contributed by atoms with Crippen LogP contribution in [0, 0.1) is 27.7 Å². The molecule has 0 atom stereocenters. The normalized spacial score (nSPS) is 10.9. The third-order valence-corrected chi connectivity index (χ3v) is 5.03. The van der Waals surface area contributed by atoms with E-state index in [-0.39, 0.29) is 18.0 Å². The maximum atomic E-state index is 12.8. The highest BCUT2D eigenvalue weighted by Gasteiger charge is 2.17. The molecular formula is C21H23ClN4O2. The minimum Gasteiger partial charge on any atom is -0.348 e. The number of halogens is 1. The summed E-state index contributed by atoms with van der Waals surface area (Å²) in [5.74, 6) is -0.278. The van der Waals surface area contributed by atoms with Gasteiger partial charge in [-0.05, 0) is 63.1 Å². The van der Waals surface area contributed by atoms with Crippen LogP contribution in [0.4, 0.5) is 0 Å². The number of carbonyl (C=O) groups is 1. The number of rotatable bonds is 4. The second-order valence-corrected chi connectivity index (χ2v) is 7.48. The van der Waals surface area contributed by atoms with Crippen LogP contribution >= 0.6 is 11.6 Å². The van der Waals surface area contributed by atoms with Gasteiger partial charge in [-0.15, -0.1) is 0 Å². The van der Waals surface area contributed by atoms with Crippen molar-refractivity contribution < 1.29 is 4.79 Å². The van der Waals surface area contributed by atoms with E-state index in [4.69, 9.17) is 11.6 Å². The van der Waals surface area contributed by atoms with Gasteiger partial charge in [0.2, 0.25) is 0 Å². The molecule has 0 radical (unpaired) electrons. The van der Waals surface area contributed by atoms with Crippen molar-refractivity contribution in [1.29, 1.82) is 0 Å². The molecule has 0 unspecified atom stereocenters. The lowest BCUT2D eigenvalue weighted by atomic mass is 9.99. The van der Waals surface area contributed by atoms with Gasteiger partial charge >= 0.3 is 0 Å². The Kier molecular flexibility index (Phi) is 5.42. The fourth-order valence-corrected chi connectivity index (χ4v) is 3.63. The molecule has 1 amide bonds. The van der Waals surface area contributed by atoms with E-state index in [0.29, 0.717) is 16.1 Å². The minimum atomic E-state index is -0.278. The topological polar surface area (TPSA) is 79.8 Å². The molecule has 0 fully saturated rings. The second-order valence-electron chi connectivity index (χ2n) is 7.05. The quantitative estimate of drug-likeness (QED) is 0.704. The first-order valence-electron chi connectivity index (χ1n) is 8.96. The number of aryl methyl sites for hydroxylation is 4. The Bertz CT molecular complexity index is 1130. The van der Waals surface area contributed by atoms with E-state index in [2.05, 4.69) is 15.4 Å². The standard InChI is InChI=1S/C21H23ClN4O2/c1-11-6-12(2)24-21(28)18(11)10-23-20(27)17-9-15(22)8-16(14(17)4)19-7-13(3)25-26(19)5/h6-9H,10H2,1-5H3,(H,23,27)(H,24,28). The summed E-state index contributed by atoms with van der Waals surface area (Å²) in [4.78, 5) is 27.8. The number of aromatic amines is 1. The molecule has 6 nitrogen and oxygen atoms in total. The van der Waals surface area contributed by atoms with E-state index in [9.17, 15) is 9.59 Å². The molecule has 28 heavy (non-hydrogen) atoms. The van der Waals surface area contributed by atoms with Crippen molar-refractivity contribution in [3.8, 4) is 11.3 Å². The molecule has 0 saturated heterocycles. The highest BCUT2D eigenvalue weighted by molar-refractivity contribution is 6.31. The summed E-state index contributed by atoms with van der Waals surface area (Å²) < 4.78 is 1.77. The van der Waals surface area contributed by atoms with Crippen LogP contribution in [0.25, 0.3) is 11.3 Å². The SMILES string of the molecule is Cc1cc(-c2cc(Cl)cc(C(=O)NCc3c(C)cc(C)[nH]c3=O)c2C)n(C)n1. The van der Waals surface area contributed by atoms with E-state index >= 15 is 0 Å². The molecule has 0 aliphatic heterocycles. The highest BCUT2D eigenvalue weighted by Crippen LogP contribution is 2.30. The van der Waals surface area contributed by atoms with E-state index in [1.807, 2.05) is 52.9 Å². The van der Waals surface area contributed by atoms with Crippen LogP contribution in [0.2, 0.25) is 5.02 Å². The van der Waals surface area contributed by atoms with Crippen LogP contribution in [0.3, 0.4) is 0 Å². The molecule has 0 spiro atoms. The van der Waals surface area contributed by atoms with Gasteiger partial charge in [-0.25, -0.2) is 0 Å². The van der Waals surface area contributed by atoms with Crippen molar-refractivity contribution in [1.82, 2.24) is 20.1 Å². The van der Waals surface area contributed by atoms with Crippen LogP contribution in [0.15, 0.2) is 29.1 Å². The number of benzene rings is 1. The van der Waals surface area contributed by atoms with Gasteiger partial charge in [0.05, 0.1) is 11.4 Å². The number of hydrogen-bond donors (Lipinski definition) is 2. The van der Waals surface area contributed by atoms with Crippen molar-refractivity contribution in [3.05, 3.63) is 73.3 Å². The molecule has 1 aromatic carbocycles. The summed E-state index contributed by atoms with van der Waals surface area (Å²) in [6.45, 7) is 7.63. The number of nitrogens with zero attached hydrogens (tertiary/aromatic N) is 2. The Morgan fingerprint density at radius 1 is 1.18 bits per heavy atom. The zero-order valence-corrected chi connectivity index (χ0v) is 17.4. The zero-order valence-electron chi connectivity index (χ0n) is 16.6. The fraction of sp³-hybridized carbons (Fsp3) is 0.286. The largest absolute Gasteiger partial charge is 0.348 e. The summed E-state index contributed by atoms with van der Waals surface area (Å²) in [6.07, 6.45) is 0. The van der Waals surface area contributed by atoms with Gasteiger partial charge in [-0.3, -0.25) is 14.3 Å². The number of hydrogen-bond acceptors (Lipinski definition) is 3. The molecule has 7 heteroatoms. The molecule has 0 saturated carbocycles. The van der Waals surface area contributed by atoms with E-state index in [1.165, 1.54) is 0 Å². The number of pyridine rings is 1. The fourth-order valence-electron chi connectivity index (χ4n) is 3.41. The van der Waals surface area contributed by atoms with Crippen molar-refractivity contribution in [2.24, 2.45) is 7.05 Å². The molecule has 3 rings (SSSR count). The zero-order chi connectivity index (χ0) is 20.6. The third kappa shape index (κ3) is 3.87. The first kappa shape index (κ1) is 19.9. The van der Waals surface area contributed by atoms with E-state index < -0.39 is 0 Å². The van der Waals surface area contributed by atoms with Gasteiger partial charge in [-0.2, -0.15) is 5.10 Å². The van der Waals surface area contributed by atoms with Crippen LogP contribution in [0.1, 0.15) is 38.4 Å². The smallest absolute Gasteiger partial charge is 0.253 e. The van der Waals surface area contributed by atoms with Crippen LogP contribution in [0.5, 0.6) is 0 Å². The van der Waals surface area contributed by atoms with Gasteiger partial charge in [0.1, 0.15) is 0 Å². The first-order chi connectivity index (χ1) is 13.2. The average molecular weight is 399 g/mol. The maximum Gasteiger partial charge on any atom is 0.253 e. The number of aromatic nitrogens is 3. The van der Waals surface area contributed by atoms with Crippen molar-refractivity contribution in [2.75, 3.05) is 0 Å². The van der Waals surface area contributed by atoms with Crippen LogP contribution in [-0.2, 0) is 13.6 Å². The van der Waals surface area contributed by atoms with Gasteiger partial charge in [0.15, 0.2) is 0 Å². The van der Waals surface area contributed by atoms with Crippen molar-refractivity contribution in [2.45, 2.75) is 34.2 Å². The molecule has 2 N–H and O–H groups in total. The lowest BCUT2D eigenvalue weighted by Gasteiger charge is -2.14. The van der Waals surface area contributed by atoms with E-state index in [1.54, 1.807) is 10.7 Å². The molecule has 2 aromatic heterocycles. The average Bonchev–Trinajstić information content (AvgIpc) is 2.93. The summed E-state index contributed by atoms with van der Waals surface area (Å²) >= 11 is 6.30. The minimum absolute atomic E-state index is 0.145.